The summed E-state index contributed by atoms with van der Waals surface area (Å²) in [5.41, 5.74) is 1.26. The van der Waals surface area contributed by atoms with Gasteiger partial charge in [-0.2, -0.15) is 4.98 Å². The Hall–Kier alpha value is -3.09. The Bertz CT molecular complexity index is 907. The fourth-order valence-corrected chi connectivity index (χ4v) is 3.24. The van der Waals surface area contributed by atoms with Crippen LogP contribution in [0.4, 0.5) is 26.2 Å². The molecule has 7 heteroatoms. The number of pyridine rings is 1. The standard InChI is InChI=1S/C20H19F2N5/c21-15-6-3-7-16(22)19(15)26-18-12-17(13-8-10-23-11-9-13)25-20(27-18)24-14-4-1-2-5-14/h3,6-12,14H,1-2,4-5H2,(H2,24,25,26,27). The van der Waals surface area contributed by atoms with Gasteiger partial charge in [-0.1, -0.05) is 18.9 Å². The Morgan fingerprint density at radius 3 is 2.33 bits per heavy atom. The van der Waals surface area contributed by atoms with Gasteiger partial charge in [0.15, 0.2) is 0 Å². The first-order valence-electron chi connectivity index (χ1n) is 8.96. The summed E-state index contributed by atoms with van der Waals surface area (Å²) in [5, 5.41) is 6.10. The third-order valence-corrected chi connectivity index (χ3v) is 4.61. The van der Waals surface area contributed by atoms with Crippen LogP contribution in [-0.2, 0) is 0 Å². The minimum Gasteiger partial charge on any atom is -0.351 e. The van der Waals surface area contributed by atoms with Gasteiger partial charge < -0.3 is 10.6 Å². The molecule has 1 saturated carbocycles. The number of hydrogen-bond donors (Lipinski definition) is 2. The molecule has 1 aliphatic rings. The van der Waals surface area contributed by atoms with Gasteiger partial charge in [0, 0.05) is 30.1 Å². The Balaban J connectivity index is 1.71. The van der Waals surface area contributed by atoms with E-state index in [1.54, 1.807) is 18.5 Å². The Morgan fingerprint density at radius 1 is 0.926 bits per heavy atom. The molecule has 0 atom stereocenters. The number of hydrogen-bond acceptors (Lipinski definition) is 5. The lowest BCUT2D eigenvalue weighted by Crippen LogP contribution is -2.17. The van der Waals surface area contributed by atoms with Gasteiger partial charge in [-0.15, -0.1) is 0 Å². The Morgan fingerprint density at radius 2 is 1.63 bits per heavy atom. The number of aromatic nitrogens is 3. The van der Waals surface area contributed by atoms with Gasteiger partial charge in [0.1, 0.15) is 23.1 Å². The van der Waals surface area contributed by atoms with Crippen LogP contribution in [0.5, 0.6) is 0 Å². The average Bonchev–Trinajstić information content (AvgIpc) is 3.18. The maximum absolute atomic E-state index is 14.0. The number of nitrogens with one attached hydrogen (secondary N) is 2. The molecule has 0 spiro atoms. The van der Waals surface area contributed by atoms with Crippen LogP contribution in [0.25, 0.3) is 11.3 Å². The van der Waals surface area contributed by atoms with Gasteiger partial charge in [-0.05, 0) is 37.1 Å². The lowest BCUT2D eigenvalue weighted by atomic mass is 10.2. The second-order valence-electron chi connectivity index (χ2n) is 6.55. The first-order valence-corrected chi connectivity index (χ1v) is 8.96. The van der Waals surface area contributed by atoms with Gasteiger partial charge in [-0.3, -0.25) is 4.98 Å². The van der Waals surface area contributed by atoms with Crippen LogP contribution in [-0.4, -0.2) is 21.0 Å². The normalized spacial score (nSPS) is 14.3. The van der Waals surface area contributed by atoms with Crippen molar-refractivity contribution >= 4 is 17.5 Å². The predicted molar refractivity (Wildman–Crippen MR) is 101 cm³/mol. The fourth-order valence-electron chi connectivity index (χ4n) is 3.24. The maximum atomic E-state index is 14.0. The molecule has 2 aromatic heterocycles. The van der Waals surface area contributed by atoms with Crippen molar-refractivity contribution in [3.05, 3.63) is 60.4 Å². The molecule has 0 amide bonds. The number of para-hydroxylation sites is 1. The number of anilines is 3. The van der Waals surface area contributed by atoms with E-state index in [9.17, 15) is 8.78 Å². The lowest BCUT2D eigenvalue weighted by Gasteiger charge is -2.15. The van der Waals surface area contributed by atoms with E-state index in [1.807, 2.05) is 12.1 Å². The number of rotatable bonds is 5. The summed E-state index contributed by atoms with van der Waals surface area (Å²) in [4.78, 5) is 13.0. The van der Waals surface area contributed by atoms with Crippen molar-refractivity contribution in [3.8, 4) is 11.3 Å². The number of benzene rings is 1. The van der Waals surface area contributed by atoms with Crippen molar-refractivity contribution in [2.45, 2.75) is 31.7 Å². The molecule has 0 bridgehead atoms. The van der Waals surface area contributed by atoms with Crippen LogP contribution < -0.4 is 10.6 Å². The molecule has 1 aromatic carbocycles. The molecular formula is C20H19F2N5. The van der Waals surface area contributed by atoms with E-state index in [4.69, 9.17) is 0 Å². The predicted octanol–water partition coefficient (Wildman–Crippen LogP) is 4.91. The minimum atomic E-state index is -0.677. The van der Waals surface area contributed by atoms with E-state index in [2.05, 4.69) is 25.6 Å². The van der Waals surface area contributed by atoms with Crippen molar-refractivity contribution in [2.75, 3.05) is 10.6 Å². The summed E-state index contributed by atoms with van der Waals surface area (Å²) in [5.74, 6) is -0.592. The Labute approximate surface area is 155 Å². The first kappa shape index (κ1) is 17.3. The molecule has 4 rings (SSSR count). The molecule has 138 valence electrons. The molecule has 0 unspecified atom stereocenters. The molecule has 0 radical (unpaired) electrons. The highest BCUT2D eigenvalue weighted by Gasteiger charge is 2.17. The van der Waals surface area contributed by atoms with Gasteiger partial charge in [-0.25, -0.2) is 13.8 Å². The molecular weight excluding hydrogens is 348 g/mol. The summed E-state index contributed by atoms with van der Waals surface area (Å²) < 4.78 is 28.0. The van der Waals surface area contributed by atoms with Gasteiger partial charge >= 0.3 is 0 Å². The fraction of sp³-hybridized carbons (Fsp3) is 0.250. The van der Waals surface area contributed by atoms with E-state index >= 15 is 0 Å². The van der Waals surface area contributed by atoms with Crippen molar-refractivity contribution in [1.82, 2.24) is 15.0 Å². The molecule has 0 saturated heterocycles. The van der Waals surface area contributed by atoms with Crippen molar-refractivity contribution in [1.29, 1.82) is 0 Å². The second kappa shape index (κ2) is 7.65. The maximum Gasteiger partial charge on any atom is 0.225 e. The van der Waals surface area contributed by atoms with Crippen LogP contribution in [0.2, 0.25) is 0 Å². The van der Waals surface area contributed by atoms with Crippen LogP contribution >= 0.6 is 0 Å². The zero-order valence-corrected chi connectivity index (χ0v) is 14.6. The van der Waals surface area contributed by atoms with E-state index in [0.29, 0.717) is 23.5 Å². The second-order valence-corrected chi connectivity index (χ2v) is 6.55. The van der Waals surface area contributed by atoms with E-state index in [1.165, 1.54) is 31.0 Å². The van der Waals surface area contributed by atoms with Gasteiger partial charge in [0.05, 0.1) is 5.69 Å². The van der Waals surface area contributed by atoms with Crippen LogP contribution in [0.3, 0.4) is 0 Å². The van der Waals surface area contributed by atoms with E-state index in [0.717, 1.165) is 18.4 Å². The summed E-state index contributed by atoms with van der Waals surface area (Å²) in [6.45, 7) is 0. The number of halogens is 2. The molecule has 0 aliphatic heterocycles. The molecule has 3 aromatic rings. The highest BCUT2D eigenvalue weighted by molar-refractivity contribution is 5.67. The van der Waals surface area contributed by atoms with E-state index < -0.39 is 11.6 Å². The molecule has 1 aliphatic carbocycles. The monoisotopic (exact) mass is 367 g/mol. The van der Waals surface area contributed by atoms with Gasteiger partial charge in [0.25, 0.3) is 0 Å². The summed E-state index contributed by atoms with van der Waals surface area (Å²) in [7, 11) is 0. The first-order chi connectivity index (χ1) is 13.2. The van der Waals surface area contributed by atoms with E-state index in [-0.39, 0.29) is 5.69 Å². The highest BCUT2D eigenvalue weighted by atomic mass is 19.1. The highest BCUT2D eigenvalue weighted by Crippen LogP contribution is 2.27. The molecule has 2 heterocycles. The third-order valence-electron chi connectivity index (χ3n) is 4.61. The van der Waals surface area contributed by atoms with Crippen LogP contribution in [0.1, 0.15) is 25.7 Å². The topological polar surface area (TPSA) is 62.7 Å². The zero-order valence-electron chi connectivity index (χ0n) is 14.6. The van der Waals surface area contributed by atoms with Crippen molar-refractivity contribution in [2.24, 2.45) is 0 Å². The minimum absolute atomic E-state index is 0.233. The molecule has 27 heavy (non-hydrogen) atoms. The molecule has 2 N–H and O–H groups in total. The smallest absolute Gasteiger partial charge is 0.225 e. The summed E-state index contributed by atoms with van der Waals surface area (Å²) in [6.07, 6.45) is 7.82. The Kier molecular flexibility index (Phi) is 4.91. The third kappa shape index (κ3) is 4.02. The van der Waals surface area contributed by atoms with Crippen LogP contribution in [0, 0.1) is 11.6 Å². The van der Waals surface area contributed by atoms with Crippen molar-refractivity contribution < 1.29 is 8.78 Å². The van der Waals surface area contributed by atoms with Crippen molar-refractivity contribution in [3.63, 3.8) is 0 Å². The average molecular weight is 367 g/mol. The molecule has 1 fully saturated rings. The lowest BCUT2D eigenvalue weighted by molar-refractivity contribution is 0.590. The van der Waals surface area contributed by atoms with Crippen LogP contribution in [0.15, 0.2) is 48.8 Å². The van der Waals surface area contributed by atoms with Gasteiger partial charge in [0.2, 0.25) is 5.95 Å². The summed E-state index contributed by atoms with van der Waals surface area (Å²) in [6, 6.07) is 9.37. The largest absolute Gasteiger partial charge is 0.351 e. The quantitative estimate of drug-likeness (QED) is 0.670. The zero-order chi connectivity index (χ0) is 18.6. The number of nitrogens with zero attached hydrogens (tertiary/aromatic N) is 3. The summed E-state index contributed by atoms with van der Waals surface area (Å²) >= 11 is 0. The SMILES string of the molecule is Fc1cccc(F)c1Nc1cc(-c2ccncc2)nc(NC2CCCC2)n1. The molecule has 5 nitrogen and oxygen atoms in total.